The van der Waals surface area contributed by atoms with Crippen molar-refractivity contribution in [2.75, 3.05) is 11.9 Å². The third-order valence-electron chi connectivity index (χ3n) is 1.56. The molecule has 0 saturated carbocycles. The lowest BCUT2D eigenvalue weighted by atomic mass is 10.2. The van der Waals surface area contributed by atoms with E-state index in [-0.39, 0.29) is 5.56 Å². The number of amides is 1. The van der Waals surface area contributed by atoms with Gasteiger partial charge in [-0.3, -0.25) is 4.79 Å². The average molecular weight is 264 g/mol. The summed E-state index contributed by atoms with van der Waals surface area (Å²) < 4.78 is 25.5. The molecule has 14 heavy (non-hydrogen) atoms. The summed E-state index contributed by atoms with van der Waals surface area (Å²) in [6.07, 6.45) is 0. The second-order valence-corrected chi connectivity index (χ2v) is 3.36. The number of carbonyl (C=O) groups is 1. The van der Waals surface area contributed by atoms with Gasteiger partial charge >= 0.3 is 0 Å². The summed E-state index contributed by atoms with van der Waals surface area (Å²) in [5.74, 6) is -2.08. The van der Waals surface area contributed by atoms with E-state index in [1.165, 1.54) is 0 Å². The number of rotatable bonds is 3. The van der Waals surface area contributed by atoms with Crippen LogP contribution in [0.4, 0.5) is 8.78 Å². The van der Waals surface area contributed by atoms with Crippen LogP contribution in [0.1, 0.15) is 10.4 Å². The molecule has 1 rings (SSSR count). The Bertz CT molecular complexity index is 344. The van der Waals surface area contributed by atoms with Gasteiger partial charge in [0.15, 0.2) is 0 Å². The van der Waals surface area contributed by atoms with Crippen LogP contribution < -0.4 is 5.32 Å². The van der Waals surface area contributed by atoms with Gasteiger partial charge in [0.05, 0.1) is 5.56 Å². The zero-order valence-corrected chi connectivity index (χ0v) is 8.77. The lowest BCUT2D eigenvalue weighted by Gasteiger charge is -2.03. The second-order valence-electron chi connectivity index (χ2n) is 2.57. The van der Waals surface area contributed by atoms with Crippen molar-refractivity contribution in [2.45, 2.75) is 0 Å². The highest BCUT2D eigenvalue weighted by atomic mass is 79.9. The van der Waals surface area contributed by atoms with Gasteiger partial charge in [-0.05, 0) is 12.1 Å². The predicted molar refractivity (Wildman–Crippen MR) is 52.5 cm³/mol. The molecule has 0 spiro atoms. The predicted octanol–water partition coefficient (Wildman–Crippen LogP) is 2.09. The van der Waals surface area contributed by atoms with Gasteiger partial charge in [-0.25, -0.2) is 8.78 Å². The van der Waals surface area contributed by atoms with E-state index in [2.05, 4.69) is 21.2 Å². The maximum Gasteiger partial charge on any atom is 0.254 e. The molecule has 0 atom stereocenters. The number of carbonyl (C=O) groups excluding carboxylic acids is 1. The smallest absolute Gasteiger partial charge is 0.254 e. The maximum absolute atomic E-state index is 13.0. The van der Waals surface area contributed by atoms with Crippen molar-refractivity contribution in [2.24, 2.45) is 0 Å². The van der Waals surface area contributed by atoms with Crippen LogP contribution in [0.25, 0.3) is 0 Å². The topological polar surface area (TPSA) is 29.1 Å². The summed E-state index contributed by atoms with van der Waals surface area (Å²) in [6, 6.07) is 2.85. The highest BCUT2D eigenvalue weighted by Gasteiger charge is 2.11. The Morgan fingerprint density at radius 3 is 2.71 bits per heavy atom. The molecule has 0 aliphatic heterocycles. The second kappa shape index (κ2) is 5.05. The van der Waals surface area contributed by atoms with E-state index in [0.717, 1.165) is 12.1 Å². The molecule has 1 aromatic carbocycles. The van der Waals surface area contributed by atoms with E-state index < -0.39 is 17.5 Å². The van der Waals surface area contributed by atoms with Crippen LogP contribution >= 0.6 is 15.9 Å². The highest BCUT2D eigenvalue weighted by Crippen LogP contribution is 2.08. The molecule has 0 fully saturated rings. The van der Waals surface area contributed by atoms with Gasteiger partial charge in [0.25, 0.3) is 5.91 Å². The lowest BCUT2D eigenvalue weighted by Crippen LogP contribution is -2.26. The Kier molecular flexibility index (Phi) is 4.00. The molecule has 0 heterocycles. The minimum Gasteiger partial charge on any atom is -0.351 e. The van der Waals surface area contributed by atoms with Crippen molar-refractivity contribution in [1.29, 1.82) is 0 Å². The first kappa shape index (κ1) is 11.1. The van der Waals surface area contributed by atoms with E-state index in [1.54, 1.807) is 0 Å². The first-order valence-corrected chi connectivity index (χ1v) is 5.06. The lowest BCUT2D eigenvalue weighted by molar-refractivity contribution is 0.0952. The van der Waals surface area contributed by atoms with Crippen LogP contribution in [0.3, 0.4) is 0 Å². The minimum absolute atomic E-state index is 0.146. The van der Waals surface area contributed by atoms with E-state index in [9.17, 15) is 13.6 Å². The van der Waals surface area contributed by atoms with Crippen molar-refractivity contribution in [3.05, 3.63) is 35.4 Å². The fraction of sp³-hybridized carbons (Fsp3) is 0.222. The molecule has 0 aromatic heterocycles. The minimum atomic E-state index is -0.850. The molecule has 0 bridgehead atoms. The first-order valence-electron chi connectivity index (χ1n) is 3.94. The van der Waals surface area contributed by atoms with Crippen LogP contribution in [0.15, 0.2) is 18.2 Å². The maximum atomic E-state index is 13.0. The van der Waals surface area contributed by atoms with Gasteiger partial charge in [0.1, 0.15) is 11.6 Å². The van der Waals surface area contributed by atoms with Crippen molar-refractivity contribution >= 4 is 21.8 Å². The molecule has 76 valence electrons. The van der Waals surface area contributed by atoms with Crippen molar-refractivity contribution in [3.8, 4) is 0 Å². The summed E-state index contributed by atoms with van der Waals surface area (Å²) in [7, 11) is 0. The Labute approximate surface area is 88.4 Å². The molecule has 2 nitrogen and oxygen atoms in total. The molecular formula is C9H8BrF2NO. The molecule has 0 radical (unpaired) electrons. The van der Waals surface area contributed by atoms with E-state index in [1.807, 2.05) is 0 Å². The number of alkyl halides is 1. The van der Waals surface area contributed by atoms with Crippen LogP contribution in [0.5, 0.6) is 0 Å². The summed E-state index contributed by atoms with van der Waals surface area (Å²) >= 11 is 3.11. The van der Waals surface area contributed by atoms with Gasteiger partial charge in [0, 0.05) is 17.9 Å². The van der Waals surface area contributed by atoms with Crippen LogP contribution in [0, 0.1) is 11.6 Å². The number of halogens is 3. The van der Waals surface area contributed by atoms with E-state index in [0.29, 0.717) is 17.9 Å². The quantitative estimate of drug-likeness (QED) is 0.832. The van der Waals surface area contributed by atoms with Gasteiger partial charge < -0.3 is 5.32 Å². The van der Waals surface area contributed by atoms with Crippen LogP contribution in [0.2, 0.25) is 0 Å². The molecule has 1 N–H and O–H groups in total. The fourth-order valence-electron chi connectivity index (χ4n) is 0.930. The highest BCUT2D eigenvalue weighted by molar-refractivity contribution is 9.09. The fourth-order valence-corrected chi connectivity index (χ4v) is 1.13. The molecule has 0 aliphatic carbocycles. The van der Waals surface area contributed by atoms with Crippen molar-refractivity contribution < 1.29 is 13.6 Å². The summed E-state index contributed by atoms with van der Waals surface area (Å²) in [5.41, 5.74) is -0.146. The van der Waals surface area contributed by atoms with Crippen LogP contribution in [-0.2, 0) is 0 Å². The number of hydrogen-bond donors (Lipinski definition) is 1. The zero-order chi connectivity index (χ0) is 10.6. The largest absolute Gasteiger partial charge is 0.351 e. The zero-order valence-electron chi connectivity index (χ0n) is 7.19. The van der Waals surface area contributed by atoms with Crippen LogP contribution in [-0.4, -0.2) is 17.8 Å². The number of nitrogens with one attached hydrogen (secondary N) is 1. The normalized spacial score (nSPS) is 9.93. The van der Waals surface area contributed by atoms with Gasteiger partial charge in [0.2, 0.25) is 0 Å². The third-order valence-corrected chi connectivity index (χ3v) is 1.95. The Hall–Kier alpha value is -0.970. The Morgan fingerprint density at radius 2 is 2.14 bits per heavy atom. The summed E-state index contributed by atoms with van der Waals surface area (Å²) in [5, 5.41) is 3.05. The van der Waals surface area contributed by atoms with Gasteiger partial charge in [-0.1, -0.05) is 15.9 Å². The van der Waals surface area contributed by atoms with Gasteiger partial charge in [-0.15, -0.1) is 0 Å². The van der Waals surface area contributed by atoms with Crippen molar-refractivity contribution in [1.82, 2.24) is 5.32 Å². The average Bonchev–Trinajstić information content (AvgIpc) is 2.14. The molecule has 0 unspecified atom stereocenters. The molecule has 1 aromatic rings. The molecule has 1 amide bonds. The summed E-state index contributed by atoms with van der Waals surface area (Å²) in [6.45, 7) is 0.398. The first-order chi connectivity index (χ1) is 6.65. The number of benzene rings is 1. The standard InChI is InChI=1S/C9H8BrF2NO/c10-3-4-13-9(14)7-2-1-6(11)5-8(7)12/h1-2,5H,3-4H2,(H,13,14). The third kappa shape index (κ3) is 2.77. The summed E-state index contributed by atoms with van der Waals surface area (Å²) in [4.78, 5) is 11.2. The Balaban J connectivity index is 2.80. The number of hydrogen-bond acceptors (Lipinski definition) is 1. The van der Waals surface area contributed by atoms with Gasteiger partial charge in [-0.2, -0.15) is 0 Å². The van der Waals surface area contributed by atoms with E-state index >= 15 is 0 Å². The Morgan fingerprint density at radius 1 is 1.43 bits per heavy atom. The van der Waals surface area contributed by atoms with Crippen molar-refractivity contribution in [3.63, 3.8) is 0 Å². The molecule has 0 saturated heterocycles. The SMILES string of the molecule is O=C(NCCBr)c1ccc(F)cc1F. The molecule has 5 heteroatoms. The monoisotopic (exact) mass is 263 g/mol. The van der Waals surface area contributed by atoms with E-state index in [4.69, 9.17) is 0 Å². The molecular weight excluding hydrogens is 256 g/mol. The molecule has 0 aliphatic rings.